The minimum Gasteiger partial charge on any atom is -0.364 e. The van der Waals surface area contributed by atoms with Gasteiger partial charge in [-0.2, -0.15) is 0 Å². The Bertz CT molecular complexity index is 434. The van der Waals surface area contributed by atoms with Crippen LogP contribution in [-0.4, -0.2) is 29.0 Å². The predicted octanol–water partition coefficient (Wildman–Crippen LogP) is 0.978. The van der Waals surface area contributed by atoms with Gasteiger partial charge >= 0.3 is 0 Å². The minimum atomic E-state index is -0.552. The van der Waals surface area contributed by atoms with Crippen LogP contribution in [0.4, 0.5) is 5.82 Å². The maximum Gasteiger partial charge on any atom is 0.268 e. The Morgan fingerprint density at radius 1 is 1.59 bits per heavy atom. The Labute approximate surface area is 100 Å². The van der Waals surface area contributed by atoms with E-state index in [0.717, 1.165) is 25.3 Å². The SMILES string of the molecule is C=CCC1(C)CN(c2cnc(C(N)=O)cn2)C1. The van der Waals surface area contributed by atoms with Crippen LogP contribution in [-0.2, 0) is 0 Å². The Hall–Kier alpha value is -1.91. The smallest absolute Gasteiger partial charge is 0.268 e. The minimum absolute atomic E-state index is 0.197. The van der Waals surface area contributed by atoms with Crippen molar-refractivity contribution < 1.29 is 4.79 Å². The normalized spacial score (nSPS) is 17.4. The topological polar surface area (TPSA) is 72.1 Å². The number of carbonyl (C=O) groups is 1. The average Bonchev–Trinajstić information content (AvgIpc) is 2.26. The summed E-state index contributed by atoms with van der Waals surface area (Å²) in [5, 5.41) is 0. The van der Waals surface area contributed by atoms with Gasteiger partial charge in [-0.05, 0) is 6.42 Å². The summed E-state index contributed by atoms with van der Waals surface area (Å²) in [6, 6.07) is 0. The van der Waals surface area contributed by atoms with Crippen LogP contribution in [0.3, 0.4) is 0 Å². The van der Waals surface area contributed by atoms with E-state index in [1.165, 1.54) is 6.20 Å². The van der Waals surface area contributed by atoms with Crippen LogP contribution in [0.5, 0.6) is 0 Å². The number of primary amides is 1. The number of rotatable bonds is 4. The molecule has 0 aromatic carbocycles. The number of aromatic nitrogens is 2. The summed E-state index contributed by atoms with van der Waals surface area (Å²) >= 11 is 0. The van der Waals surface area contributed by atoms with E-state index in [-0.39, 0.29) is 11.1 Å². The van der Waals surface area contributed by atoms with E-state index in [4.69, 9.17) is 5.73 Å². The van der Waals surface area contributed by atoms with Crippen molar-refractivity contribution in [1.29, 1.82) is 0 Å². The molecule has 0 unspecified atom stereocenters. The summed E-state index contributed by atoms with van der Waals surface area (Å²) in [5.41, 5.74) is 5.58. The van der Waals surface area contributed by atoms with E-state index in [1.54, 1.807) is 6.20 Å². The number of anilines is 1. The molecule has 1 aliphatic heterocycles. The molecule has 2 N–H and O–H groups in total. The molecule has 0 radical (unpaired) electrons. The Morgan fingerprint density at radius 2 is 2.29 bits per heavy atom. The first-order valence-electron chi connectivity index (χ1n) is 5.52. The maximum absolute atomic E-state index is 10.8. The number of nitrogens with zero attached hydrogens (tertiary/aromatic N) is 3. The third kappa shape index (κ3) is 2.27. The van der Waals surface area contributed by atoms with Crippen LogP contribution >= 0.6 is 0 Å². The molecule has 0 spiro atoms. The summed E-state index contributed by atoms with van der Waals surface area (Å²) in [6.07, 6.45) is 5.95. The van der Waals surface area contributed by atoms with Crippen molar-refractivity contribution in [2.45, 2.75) is 13.3 Å². The first kappa shape index (κ1) is 11.6. The van der Waals surface area contributed by atoms with Crippen LogP contribution in [0, 0.1) is 5.41 Å². The molecule has 0 saturated carbocycles. The van der Waals surface area contributed by atoms with E-state index < -0.39 is 5.91 Å². The zero-order valence-corrected chi connectivity index (χ0v) is 9.89. The van der Waals surface area contributed by atoms with Gasteiger partial charge in [-0.25, -0.2) is 9.97 Å². The second-order valence-corrected chi connectivity index (χ2v) is 4.78. The molecule has 0 aliphatic carbocycles. The molecule has 90 valence electrons. The number of carbonyl (C=O) groups excluding carboxylic acids is 1. The first-order chi connectivity index (χ1) is 8.04. The van der Waals surface area contributed by atoms with Gasteiger partial charge in [-0.3, -0.25) is 4.79 Å². The van der Waals surface area contributed by atoms with E-state index in [1.807, 2.05) is 6.08 Å². The largest absolute Gasteiger partial charge is 0.364 e. The quantitative estimate of drug-likeness (QED) is 0.785. The fourth-order valence-electron chi connectivity index (χ4n) is 2.13. The summed E-state index contributed by atoms with van der Waals surface area (Å²) in [6.45, 7) is 7.85. The third-order valence-corrected chi connectivity index (χ3v) is 3.00. The van der Waals surface area contributed by atoms with Gasteiger partial charge in [-0.15, -0.1) is 6.58 Å². The van der Waals surface area contributed by atoms with Gasteiger partial charge in [-0.1, -0.05) is 13.0 Å². The van der Waals surface area contributed by atoms with Gasteiger partial charge in [0.15, 0.2) is 0 Å². The van der Waals surface area contributed by atoms with Crippen molar-refractivity contribution in [2.24, 2.45) is 11.1 Å². The molecular formula is C12H16N4O. The number of nitrogens with two attached hydrogens (primary N) is 1. The molecule has 0 atom stereocenters. The van der Waals surface area contributed by atoms with Gasteiger partial charge in [0.1, 0.15) is 11.5 Å². The van der Waals surface area contributed by atoms with Crippen LogP contribution in [0.15, 0.2) is 25.0 Å². The highest BCUT2D eigenvalue weighted by molar-refractivity contribution is 5.90. The Balaban J connectivity index is 2.02. The molecule has 1 aliphatic rings. The van der Waals surface area contributed by atoms with Crippen molar-refractivity contribution >= 4 is 11.7 Å². The van der Waals surface area contributed by atoms with Crippen molar-refractivity contribution in [2.75, 3.05) is 18.0 Å². The number of hydrogen-bond acceptors (Lipinski definition) is 4. The number of amides is 1. The van der Waals surface area contributed by atoms with Crippen LogP contribution in [0.2, 0.25) is 0 Å². The Morgan fingerprint density at radius 3 is 2.76 bits per heavy atom. The molecule has 2 rings (SSSR count). The highest BCUT2D eigenvalue weighted by Crippen LogP contribution is 2.35. The average molecular weight is 232 g/mol. The molecule has 1 aromatic rings. The molecule has 1 saturated heterocycles. The van der Waals surface area contributed by atoms with Crippen molar-refractivity contribution in [3.8, 4) is 0 Å². The van der Waals surface area contributed by atoms with Crippen LogP contribution in [0.25, 0.3) is 0 Å². The summed E-state index contributed by atoms with van der Waals surface area (Å²) in [5.74, 6) is 0.237. The lowest BCUT2D eigenvalue weighted by Gasteiger charge is -2.48. The Kier molecular flexibility index (Phi) is 2.83. The lowest BCUT2D eigenvalue weighted by atomic mass is 9.79. The molecule has 1 aromatic heterocycles. The van der Waals surface area contributed by atoms with E-state index in [9.17, 15) is 4.79 Å². The fourth-order valence-corrected chi connectivity index (χ4v) is 2.13. The molecule has 5 nitrogen and oxygen atoms in total. The zero-order chi connectivity index (χ0) is 12.5. The molecule has 1 fully saturated rings. The van der Waals surface area contributed by atoms with Gasteiger partial charge in [0.05, 0.1) is 12.4 Å². The molecule has 17 heavy (non-hydrogen) atoms. The van der Waals surface area contributed by atoms with Crippen LogP contribution < -0.4 is 10.6 Å². The van der Waals surface area contributed by atoms with Gasteiger partial charge in [0.2, 0.25) is 0 Å². The van der Waals surface area contributed by atoms with Crippen molar-refractivity contribution in [1.82, 2.24) is 9.97 Å². The maximum atomic E-state index is 10.8. The predicted molar refractivity (Wildman–Crippen MR) is 65.7 cm³/mol. The third-order valence-electron chi connectivity index (χ3n) is 3.00. The van der Waals surface area contributed by atoms with Crippen LogP contribution in [0.1, 0.15) is 23.8 Å². The monoisotopic (exact) mass is 232 g/mol. The summed E-state index contributed by atoms with van der Waals surface area (Å²) in [4.78, 5) is 21.1. The number of hydrogen-bond donors (Lipinski definition) is 1. The highest BCUT2D eigenvalue weighted by atomic mass is 16.1. The fraction of sp³-hybridized carbons (Fsp3) is 0.417. The van der Waals surface area contributed by atoms with Gasteiger partial charge in [0, 0.05) is 18.5 Å². The highest BCUT2D eigenvalue weighted by Gasteiger charge is 2.38. The lowest BCUT2D eigenvalue weighted by Crippen LogP contribution is -2.54. The van der Waals surface area contributed by atoms with Gasteiger partial charge < -0.3 is 10.6 Å². The molecular weight excluding hydrogens is 216 g/mol. The molecule has 5 heteroatoms. The standard InChI is InChI=1S/C12H16N4O/c1-3-4-12(2)7-16(8-12)10-6-14-9(5-15-10)11(13)17/h3,5-6H,1,4,7-8H2,2H3,(H2,13,17). The molecule has 0 bridgehead atoms. The zero-order valence-electron chi connectivity index (χ0n) is 9.89. The van der Waals surface area contributed by atoms with E-state index in [2.05, 4.69) is 28.4 Å². The summed E-state index contributed by atoms with van der Waals surface area (Å²) < 4.78 is 0. The molecule has 2 heterocycles. The molecule has 1 amide bonds. The number of allylic oxidation sites excluding steroid dienone is 1. The second kappa shape index (κ2) is 4.16. The van der Waals surface area contributed by atoms with Gasteiger partial charge in [0.25, 0.3) is 5.91 Å². The lowest BCUT2D eigenvalue weighted by molar-refractivity contribution is 0.0995. The van der Waals surface area contributed by atoms with Crippen molar-refractivity contribution in [3.05, 3.63) is 30.7 Å². The van der Waals surface area contributed by atoms with Crippen molar-refractivity contribution in [3.63, 3.8) is 0 Å². The second-order valence-electron chi connectivity index (χ2n) is 4.78. The van der Waals surface area contributed by atoms with E-state index >= 15 is 0 Å². The summed E-state index contributed by atoms with van der Waals surface area (Å²) in [7, 11) is 0. The van der Waals surface area contributed by atoms with E-state index in [0.29, 0.717) is 0 Å². The first-order valence-corrected chi connectivity index (χ1v) is 5.52.